The molecule has 0 aliphatic heterocycles. The van der Waals surface area contributed by atoms with E-state index in [1.807, 2.05) is 0 Å². The number of hydrogen-bond donors (Lipinski definition) is 3. The third-order valence-electron chi connectivity index (χ3n) is 3.24. The zero-order valence-corrected chi connectivity index (χ0v) is 10.8. The number of amides is 1. The molecule has 104 valence electrons. The molecular formula is C14H15FN4O. The highest BCUT2D eigenvalue weighted by Gasteiger charge is 2.23. The minimum atomic E-state index is -0.507. The van der Waals surface area contributed by atoms with E-state index >= 15 is 0 Å². The Morgan fingerprint density at radius 2 is 2.30 bits per heavy atom. The molecule has 1 aliphatic carbocycles. The lowest BCUT2D eigenvalue weighted by Gasteiger charge is -2.11. The fourth-order valence-corrected chi connectivity index (χ4v) is 2.08. The number of benzene rings is 1. The van der Waals surface area contributed by atoms with Crippen molar-refractivity contribution in [2.24, 2.45) is 0 Å². The molecule has 1 saturated carbocycles. The van der Waals surface area contributed by atoms with Gasteiger partial charge in [0.1, 0.15) is 0 Å². The first-order valence-corrected chi connectivity index (χ1v) is 6.51. The van der Waals surface area contributed by atoms with Crippen molar-refractivity contribution < 1.29 is 9.18 Å². The number of nitrogen functional groups attached to an aromatic ring is 1. The molecule has 0 bridgehead atoms. The van der Waals surface area contributed by atoms with E-state index < -0.39 is 5.82 Å². The molecule has 20 heavy (non-hydrogen) atoms. The largest absolute Gasteiger partial charge is 0.398 e. The molecule has 3 rings (SSSR count). The van der Waals surface area contributed by atoms with Gasteiger partial charge in [-0.05, 0) is 31.0 Å². The van der Waals surface area contributed by atoms with Crippen LogP contribution in [0.4, 0.5) is 15.8 Å². The summed E-state index contributed by atoms with van der Waals surface area (Å²) < 4.78 is 14.0. The van der Waals surface area contributed by atoms with Crippen LogP contribution < -0.4 is 16.4 Å². The minimum Gasteiger partial charge on any atom is -0.398 e. The quantitative estimate of drug-likeness (QED) is 0.741. The number of aromatic nitrogens is 1. The number of nitrogens with one attached hydrogen (secondary N) is 2. The molecule has 1 aliphatic rings. The summed E-state index contributed by atoms with van der Waals surface area (Å²) in [5, 5.41) is 6.31. The Morgan fingerprint density at radius 1 is 1.50 bits per heavy atom. The lowest BCUT2D eigenvalue weighted by Crippen LogP contribution is -2.31. The van der Waals surface area contributed by atoms with Crippen LogP contribution in [0.2, 0.25) is 0 Å². The lowest BCUT2D eigenvalue weighted by atomic mass is 10.1. The Bertz CT molecular complexity index is 670. The van der Waals surface area contributed by atoms with E-state index in [0.29, 0.717) is 16.6 Å². The third kappa shape index (κ3) is 2.49. The summed E-state index contributed by atoms with van der Waals surface area (Å²) in [6.07, 6.45) is 3.61. The molecule has 4 N–H and O–H groups in total. The van der Waals surface area contributed by atoms with Gasteiger partial charge in [0.2, 0.25) is 5.91 Å². The molecule has 6 heteroatoms. The van der Waals surface area contributed by atoms with E-state index in [2.05, 4.69) is 15.6 Å². The van der Waals surface area contributed by atoms with Crippen molar-refractivity contribution in [1.29, 1.82) is 0 Å². The van der Waals surface area contributed by atoms with Crippen molar-refractivity contribution in [3.63, 3.8) is 0 Å². The summed E-state index contributed by atoms with van der Waals surface area (Å²) in [6, 6.07) is 5.04. The van der Waals surface area contributed by atoms with Gasteiger partial charge < -0.3 is 16.4 Å². The predicted octanol–water partition coefficient (Wildman–Crippen LogP) is 1.65. The van der Waals surface area contributed by atoms with E-state index in [0.717, 1.165) is 12.8 Å². The molecule has 1 aromatic carbocycles. The first kappa shape index (κ1) is 12.7. The van der Waals surface area contributed by atoms with Gasteiger partial charge >= 0.3 is 0 Å². The lowest BCUT2D eigenvalue weighted by molar-refractivity contribution is -0.119. The number of anilines is 2. The first-order chi connectivity index (χ1) is 9.65. The highest BCUT2D eigenvalue weighted by Crippen LogP contribution is 2.29. The monoisotopic (exact) mass is 274 g/mol. The zero-order chi connectivity index (χ0) is 14.1. The van der Waals surface area contributed by atoms with Crippen molar-refractivity contribution in [1.82, 2.24) is 10.3 Å². The van der Waals surface area contributed by atoms with Crippen molar-refractivity contribution in [3.05, 3.63) is 30.2 Å². The Morgan fingerprint density at radius 3 is 3.05 bits per heavy atom. The van der Waals surface area contributed by atoms with Crippen LogP contribution in [0.15, 0.2) is 24.4 Å². The second-order valence-electron chi connectivity index (χ2n) is 4.92. The molecule has 1 fully saturated rings. The summed E-state index contributed by atoms with van der Waals surface area (Å²) in [6.45, 7) is 0.0169. The number of carbonyl (C=O) groups is 1. The molecular weight excluding hydrogens is 259 g/mol. The SMILES string of the molecule is Nc1cc(F)c(NCC(=O)NC2CC2)c2ncccc12. The smallest absolute Gasteiger partial charge is 0.239 e. The fraction of sp³-hybridized carbons (Fsp3) is 0.286. The highest BCUT2D eigenvalue weighted by atomic mass is 19.1. The maximum Gasteiger partial charge on any atom is 0.239 e. The number of halogens is 1. The van der Waals surface area contributed by atoms with Gasteiger partial charge in [-0.1, -0.05) is 0 Å². The summed E-state index contributed by atoms with van der Waals surface area (Å²) >= 11 is 0. The minimum absolute atomic E-state index is 0.0169. The van der Waals surface area contributed by atoms with Gasteiger partial charge in [0.15, 0.2) is 5.82 Å². The molecule has 0 atom stereocenters. The van der Waals surface area contributed by atoms with Gasteiger partial charge in [-0.15, -0.1) is 0 Å². The summed E-state index contributed by atoms with van der Waals surface area (Å²) in [4.78, 5) is 15.8. The molecule has 1 aromatic heterocycles. The predicted molar refractivity (Wildman–Crippen MR) is 75.8 cm³/mol. The van der Waals surface area contributed by atoms with Crippen LogP contribution in [0.1, 0.15) is 12.8 Å². The van der Waals surface area contributed by atoms with E-state index in [9.17, 15) is 9.18 Å². The topological polar surface area (TPSA) is 80.0 Å². The molecule has 0 spiro atoms. The fourth-order valence-electron chi connectivity index (χ4n) is 2.08. The van der Waals surface area contributed by atoms with Crippen molar-refractivity contribution >= 4 is 28.2 Å². The average Bonchev–Trinajstić information content (AvgIpc) is 3.22. The van der Waals surface area contributed by atoms with Crippen LogP contribution in [0.5, 0.6) is 0 Å². The maximum absolute atomic E-state index is 14.0. The number of rotatable bonds is 4. The number of nitrogens with zero attached hydrogens (tertiary/aromatic N) is 1. The molecule has 1 heterocycles. The van der Waals surface area contributed by atoms with E-state index in [1.54, 1.807) is 18.3 Å². The highest BCUT2D eigenvalue weighted by molar-refractivity contribution is 5.99. The summed E-state index contributed by atoms with van der Waals surface area (Å²) in [5.41, 5.74) is 6.74. The van der Waals surface area contributed by atoms with Crippen LogP contribution in [-0.4, -0.2) is 23.5 Å². The first-order valence-electron chi connectivity index (χ1n) is 6.51. The Kier molecular flexibility index (Phi) is 3.14. The van der Waals surface area contributed by atoms with Gasteiger partial charge in [-0.2, -0.15) is 0 Å². The molecule has 1 amide bonds. The number of fused-ring (bicyclic) bond motifs is 1. The molecule has 0 unspecified atom stereocenters. The molecule has 5 nitrogen and oxygen atoms in total. The third-order valence-corrected chi connectivity index (χ3v) is 3.24. The second kappa shape index (κ2) is 4.96. The standard InChI is InChI=1S/C14H15FN4O/c15-10-6-11(16)9-2-1-5-17-13(9)14(10)18-7-12(20)19-8-3-4-8/h1-2,5-6,8,18H,3-4,7,16H2,(H,19,20). The molecule has 2 aromatic rings. The number of hydrogen-bond acceptors (Lipinski definition) is 4. The van der Waals surface area contributed by atoms with Crippen molar-refractivity contribution in [2.45, 2.75) is 18.9 Å². The molecule has 0 radical (unpaired) electrons. The van der Waals surface area contributed by atoms with Crippen LogP contribution >= 0.6 is 0 Å². The van der Waals surface area contributed by atoms with Gasteiger partial charge in [-0.25, -0.2) is 4.39 Å². The second-order valence-corrected chi connectivity index (χ2v) is 4.92. The van der Waals surface area contributed by atoms with Crippen LogP contribution in [0, 0.1) is 5.82 Å². The van der Waals surface area contributed by atoms with E-state index in [4.69, 9.17) is 5.73 Å². The number of pyridine rings is 1. The number of carbonyl (C=O) groups excluding carboxylic acids is 1. The van der Waals surface area contributed by atoms with E-state index in [1.165, 1.54) is 6.07 Å². The van der Waals surface area contributed by atoms with Crippen molar-refractivity contribution in [2.75, 3.05) is 17.6 Å². The van der Waals surface area contributed by atoms with Crippen LogP contribution in [0.3, 0.4) is 0 Å². The zero-order valence-electron chi connectivity index (χ0n) is 10.8. The average molecular weight is 274 g/mol. The maximum atomic E-state index is 14.0. The van der Waals surface area contributed by atoms with Crippen LogP contribution in [0.25, 0.3) is 10.9 Å². The van der Waals surface area contributed by atoms with Gasteiger partial charge in [-0.3, -0.25) is 9.78 Å². The van der Waals surface area contributed by atoms with Gasteiger partial charge in [0, 0.05) is 23.3 Å². The molecule has 0 saturated heterocycles. The Balaban J connectivity index is 1.84. The van der Waals surface area contributed by atoms with E-state index in [-0.39, 0.29) is 24.2 Å². The Labute approximate surface area is 115 Å². The normalized spacial score (nSPS) is 14.2. The van der Waals surface area contributed by atoms with Crippen molar-refractivity contribution in [3.8, 4) is 0 Å². The number of nitrogens with two attached hydrogens (primary N) is 1. The summed E-state index contributed by atoms with van der Waals surface area (Å²) in [5.74, 6) is -0.652. The Hall–Kier alpha value is -2.37. The van der Waals surface area contributed by atoms with Gasteiger partial charge in [0.05, 0.1) is 17.7 Å². The van der Waals surface area contributed by atoms with Crippen LogP contribution in [-0.2, 0) is 4.79 Å². The summed E-state index contributed by atoms with van der Waals surface area (Å²) in [7, 11) is 0. The van der Waals surface area contributed by atoms with Gasteiger partial charge in [0.25, 0.3) is 0 Å².